The van der Waals surface area contributed by atoms with Gasteiger partial charge >= 0.3 is 0 Å². The van der Waals surface area contributed by atoms with Crippen LogP contribution in [0.3, 0.4) is 0 Å². The Labute approximate surface area is 375 Å². The zero-order valence-electron chi connectivity index (χ0n) is 44.7. The molecule has 0 spiro atoms. The van der Waals surface area contributed by atoms with Crippen LogP contribution in [0.2, 0.25) is 0 Å². The number of hydrogen-bond donors (Lipinski definition) is 0. The minimum Gasteiger partial charge on any atom is -0.309 e. The van der Waals surface area contributed by atoms with Crippen molar-refractivity contribution in [1.29, 1.82) is 0 Å². The molecule has 0 aliphatic rings. The number of para-hydroxylation sites is 3. The summed E-state index contributed by atoms with van der Waals surface area (Å²) in [4.78, 5) is 15.3. The molecule has 0 bridgehead atoms. The fourth-order valence-corrected chi connectivity index (χ4v) is 8.27. The lowest BCUT2D eigenvalue weighted by Crippen LogP contribution is -2.04. The normalized spacial score (nSPS) is 14.3. The van der Waals surface area contributed by atoms with E-state index in [-0.39, 0.29) is 21.8 Å². The predicted molar refractivity (Wildman–Crippen MR) is 256 cm³/mol. The second-order valence-electron chi connectivity index (χ2n) is 14.7. The summed E-state index contributed by atoms with van der Waals surface area (Å²) in [5.74, 6) is 1.32. The molecule has 290 valence electrons. The van der Waals surface area contributed by atoms with Crippen LogP contribution in [-0.4, -0.2) is 24.1 Å². The van der Waals surface area contributed by atoms with Gasteiger partial charge in [0.1, 0.15) is 0 Å². The van der Waals surface area contributed by atoms with E-state index in [1.807, 2.05) is 133 Å². The van der Waals surface area contributed by atoms with E-state index in [4.69, 9.17) is 25.9 Å². The molecule has 12 aromatic rings. The molecule has 3 heterocycles. The Bertz CT molecular complexity index is 4300. The van der Waals surface area contributed by atoms with Crippen molar-refractivity contribution in [2.75, 3.05) is 0 Å². The molecule has 5 nitrogen and oxygen atoms in total. The van der Waals surface area contributed by atoms with Gasteiger partial charge in [-0.05, 0) is 64.7 Å². The predicted octanol–water partition coefficient (Wildman–Crippen LogP) is 14.4. The summed E-state index contributed by atoms with van der Waals surface area (Å²) in [5.41, 5.74) is 5.75. The molecule has 0 aliphatic carbocycles. The Balaban J connectivity index is 1.13. The van der Waals surface area contributed by atoms with Crippen LogP contribution in [0.4, 0.5) is 0 Å². The molecule has 62 heavy (non-hydrogen) atoms. The molecule has 0 atom stereocenters. The molecule has 0 unspecified atom stereocenters. The number of benzene rings is 9. The van der Waals surface area contributed by atoms with Gasteiger partial charge in [-0.15, -0.1) is 0 Å². The Morgan fingerprint density at radius 3 is 1.74 bits per heavy atom. The zero-order valence-corrected chi connectivity index (χ0v) is 32.7. The summed E-state index contributed by atoms with van der Waals surface area (Å²) in [6, 6.07) is 41.7. The van der Waals surface area contributed by atoms with Gasteiger partial charge in [-0.1, -0.05) is 182 Å². The molecular formula is C57H37N5. The topological polar surface area (TPSA) is 48.5 Å². The van der Waals surface area contributed by atoms with Crippen LogP contribution in [0, 0.1) is 0 Å². The third-order valence-electron chi connectivity index (χ3n) is 11.1. The lowest BCUT2D eigenvalue weighted by Gasteiger charge is -2.15. The highest BCUT2D eigenvalue weighted by molar-refractivity contribution is 6.12. The van der Waals surface area contributed by atoms with Crippen molar-refractivity contribution in [3.8, 4) is 67.8 Å². The van der Waals surface area contributed by atoms with Gasteiger partial charge < -0.3 is 9.13 Å². The van der Waals surface area contributed by atoms with Crippen LogP contribution in [0.5, 0.6) is 0 Å². The van der Waals surface area contributed by atoms with Gasteiger partial charge in [0, 0.05) is 43.9 Å². The quantitative estimate of drug-likeness (QED) is 0.161. The van der Waals surface area contributed by atoms with E-state index < -0.39 is 83.6 Å². The van der Waals surface area contributed by atoms with Crippen LogP contribution in [0.25, 0.3) is 111 Å². The Morgan fingerprint density at radius 1 is 0.339 bits per heavy atom. The number of hydrogen-bond acceptors (Lipinski definition) is 3. The molecule has 0 amide bonds. The molecule has 9 aromatic carbocycles. The molecule has 0 N–H and O–H groups in total. The van der Waals surface area contributed by atoms with Gasteiger partial charge in [-0.2, -0.15) is 0 Å². The summed E-state index contributed by atoms with van der Waals surface area (Å²) >= 11 is 0. The molecule has 5 heteroatoms. The van der Waals surface area contributed by atoms with Crippen molar-refractivity contribution in [2.24, 2.45) is 0 Å². The maximum atomic E-state index is 9.83. The first-order valence-electron chi connectivity index (χ1n) is 26.0. The number of rotatable bonds is 7. The second-order valence-corrected chi connectivity index (χ2v) is 14.7. The fraction of sp³-hybridized carbons (Fsp3) is 0. The molecule has 0 radical (unpaired) electrons. The minimum atomic E-state index is -0.688. The highest BCUT2D eigenvalue weighted by Gasteiger charge is 2.21. The van der Waals surface area contributed by atoms with Crippen molar-refractivity contribution >= 4 is 43.6 Å². The number of nitrogens with zero attached hydrogens (tertiary/aromatic N) is 5. The molecule has 3 aromatic heterocycles. The smallest absolute Gasteiger partial charge is 0.166 e. The van der Waals surface area contributed by atoms with E-state index in [0.29, 0.717) is 39.9 Å². The minimum absolute atomic E-state index is 0.0732. The van der Waals surface area contributed by atoms with Crippen molar-refractivity contribution < 1.29 is 16.4 Å². The van der Waals surface area contributed by atoms with Crippen LogP contribution in [0.15, 0.2) is 224 Å². The third kappa shape index (κ3) is 5.98. The number of fused-ring (bicyclic) bond motifs is 6. The van der Waals surface area contributed by atoms with Gasteiger partial charge in [0.15, 0.2) is 17.5 Å². The van der Waals surface area contributed by atoms with Gasteiger partial charge in [0.05, 0.1) is 44.2 Å². The average Bonchev–Trinajstić information content (AvgIpc) is 3.99. The fourth-order valence-electron chi connectivity index (χ4n) is 8.27. The van der Waals surface area contributed by atoms with Crippen molar-refractivity contribution in [3.63, 3.8) is 0 Å². The first kappa shape index (κ1) is 25.3. The van der Waals surface area contributed by atoms with Crippen molar-refractivity contribution in [3.05, 3.63) is 224 Å². The number of aromatic nitrogens is 5. The molecule has 0 saturated heterocycles. The van der Waals surface area contributed by atoms with Crippen LogP contribution in [0.1, 0.15) is 16.4 Å². The molecule has 0 aliphatic heterocycles. The highest BCUT2D eigenvalue weighted by atomic mass is 15.1. The summed E-state index contributed by atoms with van der Waals surface area (Å²) in [6.07, 6.45) is 0. The van der Waals surface area contributed by atoms with E-state index in [0.717, 1.165) is 38.5 Å². The molecule has 0 saturated carbocycles. The summed E-state index contributed by atoms with van der Waals surface area (Å²) < 4.78 is 111. The van der Waals surface area contributed by atoms with Gasteiger partial charge in [-0.3, -0.25) is 0 Å². The average molecular weight is 804 g/mol. The molecular weight excluding hydrogens is 755 g/mol. The SMILES string of the molecule is [2H]c1c([2H])c([2H])c(-c2c([2H])c([2H])c3c4c([2H])c([2H])c([2H])c([2H])c4n(-c4ccc5c6ccccc6n(-c6ccccc6-c6nc(-c7ccccc7)nc(-c7ccc(-c8ccccc8)cc7)n6)c5c4)c3c2[2H])c([2H])c1[2H]. The molecule has 12 rings (SSSR count). The first-order valence-corrected chi connectivity index (χ1v) is 20.0. The van der Waals surface area contributed by atoms with E-state index in [1.54, 1.807) is 6.07 Å². The maximum Gasteiger partial charge on any atom is 0.166 e. The van der Waals surface area contributed by atoms with Crippen molar-refractivity contribution in [2.45, 2.75) is 0 Å². The van der Waals surface area contributed by atoms with Gasteiger partial charge in [-0.25, -0.2) is 15.0 Å². The summed E-state index contributed by atoms with van der Waals surface area (Å²) in [6.45, 7) is 0. The summed E-state index contributed by atoms with van der Waals surface area (Å²) in [7, 11) is 0. The van der Waals surface area contributed by atoms with E-state index in [9.17, 15) is 5.48 Å². The largest absolute Gasteiger partial charge is 0.309 e. The van der Waals surface area contributed by atoms with E-state index in [2.05, 4.69) is 16.7 Å². The molecule has 0 fully saturated rings. The Hall–Kier alpha value is -8.41. The highest BCUT2D eigenvalue weighted by Crippen LogP contribution is 2.40. The lowest BCUT2D eigenvalue weighted by atomic mass is 10.0. The monoisotopic (exact) mass is 803 g/mol. The second kappa shape index (κ2) is 14.7. The van der Waals surface area contributed by atoms with E-state index in [1.165, 1.54) is 4.57 Å². The Morgan fingerprint density at radius 2 is 0.935 bits per heavy atom. The standard InChI is InChI=1S/C57H37N5/c1-4-16-38(17-5-1)40-28-30-42(31-29-40)56-58-55(41-20-8-3-9-21-41)59-57(60-56)49-24-12-15-27-52(49)62-51-26-14-11-23-46(51)48-35-33-44(37-54(48)62)61-50-25-13-10-22-45(50)47-34-32-43(36-53(47)61)39-18-6-2-7-19-39/h1-37H/i2D,6D,7D,10D,13D,18D,19D,22D,25D,32D,34D,36D. The van der Waals surface area contributed by atoms with Gasteiger partial charge in [0.2, 0.25) is 0 Å². The maximum absolute atomic E-state index is 9.83. The zero-order chi connectivity index (χ0) is 51.4. The lowest BCUT2D eigenvalue weighted by molar-refractivity contribution is 1.06. The van der Waals surface area contributed by atoms with Crippen LogP contribution < -0.4 is 0 Å². The third-order valence-corrected chi connectivity index (χ3v) is 11.1. The van der Waals surface area contributed by atoms with Crippen LogP contribution in [-0.2, 0) is 0 Å². The first-order chi connectivity index (χ1) is 35.7. The summed E-state index contributed by atoms with van der Waals surface area (Å²) in [5, 5.41) is 1.46. The van der Waals surface area contributed by atoms with E-state index >= 15 is 0 Å². The van der Waals surface area contributed by atoms with Crippen molar-refractivity contribution in [1.82, 2.24) is 24.1 Å². The van der Waals surface area contributed by atoms with Gasteiger partial charge in [0.25, 0.3) is 0 Å². The Kier molecular flexibility index (Phi) is 5.99. The van der Waals surface area contributed by atoms with Crippen LogP contribution >= 0.6 is 0 Å².